The fourth-order valence-corrected chi connectivity index (χ4v) is 5.66. The number of hydrogen-bond acceptors (Lipinski definition) is 13. The van der Waals surface area contributed by atoms with Crippen LogP contribution in [0.1, 0.15) is 62.4 Å². The summed E-state index contributed by atoms with van der Waals surface area (Å²) in [7, 11) is 1.52. The Hall–Kier alpha value is -6.89. The van der Waals surface area contributed by atoms with Gasteiger partial charge in [0.05, 0.1) is 12.7 Å². The van der Waals surface area contributed by atoms with E-state index in [0.717, 1.165) is 33.4 Å². The standard InChI is InChI=1S/C21H18O7.C21H20O6/c1-12(22)26-17-6-4-15(5-7-17)16-8-19-20(25-11-16)9-18(27-13(2)23)10-21(19)28-14(3)24;1-12-18(26-13(2)22)7-6-16-9-17(11-25-21(12)16)15-5-8-19(27-14(3)23)20(10-15)24-4/h4-10H,11H2,1-3H3;5-10H,11H2,1-4H3. The van der Waals surface area contributed by atoms with Gasteiger partial charge < -0.3 is 37.9 Å². The Morgan fingerprint density at radius 1 is 0.527 bits per heavy atom. The van der Waals surface area contributed by atoms with Gasteiger partial charge in [-0.2, -0.15) is 0 Å². The smallest absolute Gasteiger partial charge is 0.308 e. The molecule has 0 radical (unpaired) electrons. The van der Waals surface area contributed by atoms with Crippen molar-refractivity contribution < 1.29 is 61.9 Å². The zero-order valence-electron chi connectivity index (χ0n) is 31.2. The molecule has 0 atom stereocenters. The van der Waals surface area contributed by atoms with Gasteiger partial charge in [0.1, 0.15) is 47.7 Å². The molecule has 55 heavy (non-hydrogen) atoms. The van der Waals surface area contributed by atoms with Gasteiger partial charge in [-0.3, -0.25) is 24.0 Å². The van der Waals surface area contributed by atoms with Gasteiger partial charge in [-0.05, 0) is 77.7 Å². The molecule has 13 heteroatoms. The predicted molar refractivity (Wildman–Crippen MR) is 200 cm³/mol. The molecule has 0 amide bonds. The number of hydrogen-bond donors (Lipinski definition) is 0. The molecule has 0 fully saturated rings. The number of carbonyl (C=O) groups is 5. The van der Waals surface area contributed by atoms with Gasteiger partial charge in [0.2, 0.25) is 0 Å². The molecular weight excluding hydrogens is 712 g/mol. The minimum Gasteiger partial charge on any atom is -0.493 e. The number of ether oxygens (including phenoxy) is 8. The molecular formula is C42H38O13. The molecule has 0 aliphatic carbocycles. The van der Waals surface area contributed by atoms with Crippen molar-refractivity contribution in [2.45, 2.75) is 41.5 Å². The van der Waals surface area contributed by atoms with Crippen molar-refractivity contribution in [1.82, 2.24) is 0 Å². The van der Waals surface area contributed by atoms with Gasteiger partial charge in [-0.15, -0.1) is 0 Å². The number of rotatable bonds is 8. The lowest BCUT2D eigenvalue weighted by Crippen LogP contribution is -2.11. The number of methoxy groups -OCH3 is 1. The highest BCUT2D eigenvalue weighted by molar-refractivity contribution is 5.90. The molecule has 13 nitrogen and oxygen atoms in total. The summed E-state index contributed by atoms with van der Waals surface area (Å²) in [5, 5.41) is 0. The summed E-state index contributed by atoms with van der Waals surface area (Å²) < 4.78 is 42.8. The average Bonchev–Trinajstić information content (AvgIpc) is 3.12. The van der Waals surface area contributed by atoms with E-state index >= 15 is 0 Å². The summed E-state index contributed by atoms with van der Waals surface area (Å²) in [6.07, 6.45) is 3.86. The van der Waals surface area contributed by atoms with Crippen molar-refractivity contribution in [3.05, 3.63) is 94.5 Å². The second-order valence-corrected chi connectivity index (χ2v) is 12.2. The van der Waals surface area contributed by atoms with E-state index in [-0.39, 0.29) is 24.1 Å². The zero-order chi connectivity index (χ0) is 39.8. The highest BCUT2D eigenvalue weighted by Crippen LogP contribution is 2.41. The van der Waals surface area contributed by atoms with E-state index in [9.17, 15) is 24.0 Å². The zero-order valence-corrected chi connectivity index (χ0v) is 31.2. The minimum absolute atomic E-state index is 0.227. The molecule has 0 N–H and O–H groups in total. The van der Waals surface area contributed by atoms with Crippen LogP contribution in [0.3, 0.4) is 0 Å². The third-order valence-electron chi connectivity index (χ3n) is 7.91. The summed E-state index contributed by atoms with van der Waals surface area (Å²) in [6, 6.07) is 19.0. The van der Waals surface area contributed by atoms with Crippen LogP contribution in [0.25, 0.3) is 23.3 Å². The molecule has 0 unspecified atom stereocenters. The molecule has 0 spiro atoms. The van der Waals surface area contributed by atoms with Gasteiger partial charge in [0, 0.05) is 57.9 Å². The molecule has 4 aromatic carbocycles. The van der Waals surface area contributed by atoms with E-state index < -0.39 is 23.9 Å². The Balaban J connectivity index is 0.000000211. The van der Waals surface area contributed by atoms with Crippen molar-refractivity contribution in [2.24, 2.45) is 0 Å². The number of carbonyl (C=O) groups excluding carboxylic acids is 5. The normalized spacial score (nSPS) is 12.3. The summed E-state index contributed by atoms with van der Waals surface area (Å²) in [5.74, 6) is 1.20. The van der Waals surface area contributed by atoms with Crippen LogP contribution in [0.15, 0.2) is 66.7 Å². The molecule has 4 aromatic rings. The fraction of sp³-hybridized carbons (Fsp3) is 0.214. The van der Waals surface area contributed by atoms with Crippen LogP contribution in [0.5, 0.6) is 46.0 Å². The molecule has 2 aliphatic heterocycles. The third kappa shape index (κ3) is 10.2. The maximum absolute atomic E-state index is 11.5. The Labute approximate surface area is 317 Å². The largest absolute Gasteiger partial charge is 0.493 e. The molecule has 0 aromatic heterocycles. The van der Waals surface area contributed by atoms with Crippen molar-refractivity contribution >= 4 is 53.1 Å². The first-order valence-electron chi connectivity index (χ1n) is 16.9. The van der Waals surface area contributed by atoms with Gasteiger partial charge in [0.15, 0.2) is 11.5 Å². The number of fused-ring (bicyclic) bond motifs is 2. The molecule has 6 rings (SSSR count). The average molecular weight is 751 g/mol. The lowest BCUT2D eigenvalue weighted by atomic mass is 9.98. The monoisotopic (exact) mass is 750 g/mol. The lowest BCUT2D eigenvalue weighted by molar-refractivity contribution is -0.133. The fourth-order valence-electron chi connectivity index (χ4n) is 5.66. The molecule has 2 heterocycles. The van der Waals surface area contributed by atoms with Crippen molar-refractivity contribution in [3.63, 3.8) is 0 Å². The lowest BCUT2D eigenvalue weighted by Gasteiger charge is -2.22. The van der Waals surface area contributed by atoms with Crippen LogP contribution >= 0.6 is 0 Å². The topological polar surface area (TPSA) is 159 Å². The predicted octanol–water partition coefficient (Wildman–Crippen LogP) is 7.18. The van der Waals surface area contributed by atoms with Crippen molar-refractivity contribution in [2.75, 3.05) is 20.3 Å². The summed E-state index contributed by atoms with van der Waals surface area (Å²) in [5.41, 5.74) is 5.80. The van der Waals surface area contributed by atoms with Crippen LogP contribution in [0.4, 0.5) is 0 Å². The second kappa shape index (κ2) is 17.3. The Morgan fingerprint density at radius 3 is 1.71 bits per heavy atom. The first-order chi connectivity index (χ1) is 26.2. The SMILES string of the molecule is CC(=O)Oc1ccc(C2=Cc3c(cc(OC(C)=O)cc3OC(C)=O)OC2)cc1.COc1cc(C2=Cc3ccc(OC(C)=O)c(C)c3OC2)ccc1OC(C)=O. The van der Waals surface area contributed by atoms with Gasteiger partial charge >= 0.3 is 29.8 Å². The molecule has 0 saturated carbocycles. The van der Waals surface area contributed by atoms with Crippen molar-refractivity contribution in [3.8, 4) is 46.0 Å². The molecule has 2 aliphatic rings. The first kappa shape index (κ1) is 39.3. The Morgan fingerprint density at radius 2 is 1.07 bits per heavy atom. The van der Waals surface area contributed by atoms with Gasteiger partial charge in [-0.1, -0.05) is 18.2 Å². The van der Waals surface area contributed by atoms with E-state index in [2.05, 4.69) is 0 Å². The number of benzene rings is 4. The van der Waals surface area contributed by atoms with Crippen LogP contribution in [0, 0.1) is 6.92 Å². The van der Waals surface area contributed by atoms with Crippen molar-refractivity contribution in [1.29, 1.82) is 0 Å². The third-order valence-corrected chi connectivity index (χ3v) is 7.91. The summed E-state index contributed by atoms with van der Waals surface area (Å²) in [6.45, 7) is 9.08. The first-order valence-corrected chi connectivity index (χ1v) is 16.9. The van der Waals surface area contributed by atoms with Crippen LogP contribution < -0.4 is 37.9 Å². The number of esters is 5. The quantitative estimate of drug-likeness (QED) is 0.132. The van der Waals surface area contributed by atoms with E-state index in [1.807, 2.05) is 31.2 Å². The van der Waals surface area contributed by atoms with Gasteiger partial charge in [0.25, 0.3) is 0 Å². The molecule has 284 valence electrons. The van der Waals surface area contributed by atoms with Gasteiger partial charge in [-0.25, -0.2) is 0 Å². The second-order valence-electron chi connectivity index (χ2n) is 12.2. The van der Waals surface area contributed by atoms with Crippen LogP contribution in [-0.2, 0) is 24.0 Å². The van der Waals surface area contributed by atoms with E-state index in [0.29, 0.717) is 46.7 Å². The van der Waals surface area contributed by atoms with E-state index in [4.69, 9.17) is 37.9 Å². The highest BCUT2D eigenvalue weighted by Gasteiger charge is 2.22. The Bertz CT molecular complexity index is 2230. The van der Waals surface area contributed by atoms with Crippen LogP contribution in [-0.4, -0.2) is 50.2 Å². The maximum atomic E-state index is 11.5. The summed E-state index contributed by atoms with van der Waals surface area (Å²) >= 11 is 0. The Kier molecular flexibility index (Phi) is 12.4. The minimum atomic E-state index is -0.506. The highest BCUT2D eigenvalue weighted by atomic mass is 16.6. The summed E-state index contributed by atoms with van der Waals surface area (Å²) in [4.78, 5) is 56.1. The van der Waals surface area contributed by atoms with Crippen LogP contribution in [0.2, 0.25) is 0 Å². The molecule has 0 bridgehead atoms. The maximum Gasteiger partial charge on any atom is 0.308 e. The molecule has 0 saturated heterocycles. The van der Waals surface area contributed by atoms with E-state index in [1.54, 1.807) is 48.5 Å². The van der Waals surface area contributed by atoms with E-state index in [1.165, 1.54) is 47.8 Å².